The lowest BCUT2D eigenvalue weighted by Gasteiger charge is -2.26. The predicted molar refractivity (Wildman–Crippen MR) is 92.7 cm³/mol. The Hall–Kier alpha value is -1.60. The Balaban J connectivity index is 1.58. The predicted octanol–water partition coefficient (Wildman–Crippen LogP) is 0.551. The van der Waals surface area contributed by atoms with Crippen molar-refractivity contribution in [1.82, 2.24) is 25.3 Å². The number of ether oxygens (including phenoxy) is 1. The summed E-state index contributed by atoms with van der Waals surface area (Å²) in [6, 6.07) is 1.95. The molecule has 1 fully saturated rings. The molecule has 0 spiro atoms. The molecule has 0 unspecified atom stereocenters. The number of rotatable bonds is 9. The molecule has 0 bridgehead atoms. The van der Waals surface area contributed by atoms with Gasteiger partial charge in [-0.05, 0) is 32.4 Å². The molecule has 1 aliphatic rings. The summed E-state index contributed by atoms with van der Waals surface area (Å²) in [6.45, 7) is 10.6. The molecule has 2 rings (SSSR count). The Morgan fingerprint density at radius 3 is 2.83 bits per heavy atom. The van der Waals surface area contributed by atoms with Crippen molar-refractivity contribution in [3.05, 3.63) is 18.5 Å². The largest absolute Gasteiger partial charge is 0.379 e. The number of aliphatic imine (C=N–C) groups is 1. The lowest BCUT2D eigenvalue weighted by molar-refractivity contribution is 0.0376. The number of morpholine rings is 1. The van der Waals surface area contributed by atoms with Gasteiger partial charge < -0.3 is 15.4 Å². The lowest BCUT2D eigenvalue weighted by Crippen LogP contribution is -2.40. The van der Waals surface area contributed by atoms with Crippen LogP contribution in [0.15, 0.2) is 23.5 Å². The fraction of sp³-hybridized carbons (Fsp3) is 0.750. The lowest BCUT2D eigenvalue weighted by atomic mass is 10.3. The van der Waals surface area contributed by atoms with Gasteiger partial charge in [0, 0.05) is 51.7 Å². The van der Waals surface area contributed by atoms with E-state index in [0.717, 1.165) is 77.8 Å². The standard InChI is InChI=1S/C16H30N6O/c1-2-17-16(19-7-4-10-22-11-5-8-20-22)18-6-3-9-21-12-14-23-15-13-21/h5,8,11H,2-4,6-7,9-10,12-15H2,1H3,(H2,17,18,19). The second-order valence-corrected chi connectivity index (χ2v) is 5.62. The minimum absolute atomic E-state index is 0.804. The van der Waals surface area contributed by atoms with Gasteiger partial charge in [-0.25, -0.2) is 0 Å². The Bertz CT molecular complexity index is 428. The number of hydrogen-bond donors (Lipinski definition) is 2. The summed E-state index contributed by atoms with van der Waals surface area (Å²) in [4.78, 5) is 7.07. The third kappa shape index (κ3) is 7.47. The number of hydrogen-bond acceptors (Lipinski definition) is 4. The van der Waals surface area contributed by atoms with E-state index in [1.807, 2.05) is 23.1 Å². The summed E-state index contributed by atoms with van der Waals surface area (Å²) >= 11 is 0. The molecule has 7 nitrogen and oxygen atoms in total. The fourth-order valence-corrected chi connectivity index (χ4v) is 2.53. The molecule has 23 heavy (non-hydrogen) atoms. The van der Waals surface area contributed by atoms with Gasteiger partial charge in [-0.2, -0.15) is 5.10 Å². The molecular formula is C16H30N6O. The summed E-state index contributed by atoms with van der Waals surface area (Å²) in [5, 5.41) is 10.9. The van der Waals surface area contributed by atoms with Crippen LogP contribution in [-0.4, -0.2) is 73.1 Å². The van der Waals surface area contributed by atoms with Crippen molar-refractivity contribution in [3.63, 3.8) is 0 Å². The zero-order valence-electron chi connectivity index (χ0n) is 14.2. The first-order valence-electron chi connectivity index (χ1n) is 8.68. The summed E-state index contributed by atoms with van der Waals surface area (Å²) in [5.74, 6) is 0.912. The highest BCUT2D eigenvalue weighted by Gasteiger charge is 2.09. The van der Waals surface area contributed by atoms with Gasteiger partial charge in [-0.1, -0.05) is 0 Å². The van der Waals surface area contributed by atoms with Crippen LogP contribution in [0.1, 0.15) is 19.8 Å². The van der Waals surface area contributed by atoms with Gasteiger partial charge in [0.15, 0.2) is 5.96 Å². The van der Waals surface area contributed by atoms with Crippen LogP contribution in [0.4, 0.5) is 0 Å². The van der Waals surface area contributed by atoms with Crippen molar-refractivity contribution in [2.45, 2.75) is 26.3 Å². The topological polar surface area (TPSA) is 66.7 Å². The molecule has 1 aliphatic heterocycles. The maximum Gasteiger partial charge on any atom is 0.191 e. The van der Waals surface area contributed by atoms with E-state index in [9.17, 15) is 0 Å². The first kappa shape index (κ1) is 17.7. The third-order valence-electron chi connectivity index (χ3n) is 3.77. The van der Waals surface area contributed by atoms with E-state index in [1.165, 1.54) is 0 Å². The molecular weight excluding hydrogens is 292 g/mol. The van der Waals surface area contributed by atoms with Crippen LogP contribution in [0.5, 0.6) is 0 Å². The summed E-state index contributed by atoms with van der Waals surface area (Å²) in [6.07, 6.45) is 5.91. The molecule has 0 amide bonds. The smallest absolute Gasteiger partial charge is 0.191 e. The molecule has 0 atom stereocenters. The van der Waals surface area contributed by atoms with Crippen molar-refractivity contribution in [2.75, 3.05) is 52.5 Å². The molecule has 1 aromatic heterocycles. The van der Waals surface area contributed by atoms with Crippen LogP contribution in [0.25, 0.3) is 0 Å². The maximum atomic E-state index is 5.37. The van der Waals surface area contributed by atoms with Crippen molar-refractivity contribution in [2.24, 2.45) is 4.99 Å². The quantitative estimate of drug-likeness (QED) is 0.395. The molecule has 0 aromatic carbocycles. The zero-order valence-corrected chi connectivity index (χ0v) is 14.2. The summed E-state index contributed by atoms with van der Waals surface area (Å²) in [7, 11) is 0. The van der Waals surface area contributed by atoms with Crippen molar-refractivity contribution >= 4 is 5.96 Å². The van der Waals surface area contributed by atoms with Crippen LogP contribution in [0.3, 0.4) is 0 Å². The van der Waals surface area contributed by atoms with E-state index < -0.39 is 0 Å². The van der Waals surface area contributed by atoms with E-state index in [4.69, 9.17) is 4.74 Å². The second kappa shape index (κ2) is 11.0. The first-order chi connectivity index (χ1) is 11.4. The van der Waals surface area contributed by atoms with Crippen LogP contribution in [0.2, 0.25) is 0 Å². The number of nitrogens with one attached hydrogen (secondary N) is 2. The van der Waals surface area contributed by atoms with Crippen LogP contribution in [0, 0.1) is 0 Å². The fourth-order valence-electron chi connectivity index (χ4n) is 2.53. The Labute approximate surface area is 139 Å². The minimum Gasteiger partial charge on any atom is -0.379 e. The van der Waals surface area contributed by atoms with Gasteiger partial charge in [0.25, 0.3) is 0 Å². The van der Waals surface area contributed by atoms with Gasteiger partial charge in [0.05, 0.1) is 13.2 Å². The Morgan fingerprint density at radius 1 is 1.22 bits per heavy atom. The number of guanidine groups is 1. The van der Waals surface area contributed by atoms with Gasteiger partial charge in [0.1, 0.15) is 0 Å². The molecule has 1 saturated heterocycles. The highest BCUT2D eigenvalue weighted by molar-refractivity contribution is 5.79. The van der Waals surface area contributed by atoms with Gasteiger partial charge in [-0.15, -0.1) is 0 Å². The molecule has 0 radical (unpaired) electrons. The molecule has 2 heterocycles. The first-order valence-corrected chi connectivity index (χ1v) is 8.68. The van der Waals surface area contributed by atoms with Crippen molar-refractivity contribution in [3.8, 4) is 0 Å². The number of aryl methyl sites for hydroxylation is 1. The SMILES string of the molecule is CCNC(=NCCCn1cccn1)NCCCN1CCOCC1. The molecule has 1 aromatic rings. The number of nitrogens with zero attached hydrogens (tertiary/aromatic N) is 4. The molecule has 130 valence electrons. The third-order valence-corrected chi connectivity index (χ3v) is 3.77. The zero-order chi connectivity index (χ0) is 16.2. The summed E-state index contributed by atoms with van der Waals surface area (Å²) in [5.41, 5.74) is 0. The second-order valence-electron chi connectivity index (χ2n) is 5.62. The van der Waals surface area contributed by atoms with Gasteiger partial charge >= 0.3 is 0 Å². The molecule has 7 heteroatoms. The van der Waals surface area contributed by atoms with E-state index in [2.05, 4.69) is 32.5 Å². The molecule has 0 saturated carbocycles. The van der Waals surface area contributed by atoms with Crippen LogP contribution in [-0.2, 0) is 11.3 Å². The highest BCUT2D eigenvalue weighted by Crippen LogP contribution is 1.97. The monoisotopic (exact) mass is 322 g/mol. The Morgan fingerprint density at radius 2 is 2.09 bits per heavy atom. The van der Waals surface area contributed by atoms with Crippen LogP contribution < -0.4 is 10.6 Å². The van der Waals surface area contributed by atoms with E-state index in [-0.39, 0.29) is 0 Å². The van der Waals surface area contributed by atoms with E-state index in [0.29, 0.717) is 0 Å². The van der Waals surface area contributed by atoms with Crippen molar-refractivity contribution < 1.29 is 4.74 Å². The summed E-state index contributed by atoms with van der Waals surface area (Å²) < 4.78 is 7.31. The normalized spacial score (nSPS) is 16.5. The van der Waals surface area contributed by atoms with Crippen molar-refractivity contribution in [1.29, 1.82) is 0 Å². The number of aromatic nitrogens is 2. The molecule has 0 aliphatic carbocycles. The highest BCUT2D eigenvalue weighted by atomic mass is 16.5. The van der Waals surface area contributed by atoms with Gasteiger partial charge in [-0.3, -0.25) is 14.6 Å². The molecule has 2 N–H and O–H groups in total. The Kier molecular flexibility index (Phi) is 8.50. The van der Waals surface area contributed by atoms with Crippen LogP contribution >= 0.6 is 0 Å². The average Bonchev–Trinajstić information content (AvgIpc) is 3.10. The van der Waals surface area contributed by atoms with E-state index >= 15 is 0 Å². The minimum atomic E-state index is 0.804. The maximum absolute atomic E-state index is 5.37. The van der Waals surface area contributed by atoms with Gasteiger partial charge in [0.2, 0.25) is 0 Å². The van der Waals surface area contributed by atoms with E-state index in [1.54, 1.807) is 0 Å². The average molecular weight is 322 g/mol.